The number of nitrogens with two attached hydrogens (primary N) is 1. The zero-order chi connectivity index (χ0) is 25.1. The number of hydrogen-bond donors (Lipinski definition) is 3. The van der Waals surface area contributed by atoms with Gasteiger partial charge in [0.1, 0.15) is 11.5 Å². The van der Waals surface area contributed by atoms with Gasteiger partial charge in [-0.2, -0.15) is 5.10 Å². The highest BCUT2D eigenvalue weighted by molar-refractivity contribution is 7.89. The summed E-state index contributed by atoms with van der Waals surface area (Å²) in [4.78, 5) is 9.14. The average molecular weight is 487 g/mol. The van der Waals surface area contributed by atoms with Gasteiger partial charge in [0.25, 0.3) is 0 Å². The first-order valence-electron chi connectivity index (χ1n) is 11.3. The molecular weight excluding hydrogens is 452 g/mol. The average Bonchev–Trinajstić information content (AvgIpc) is 3.20. The third kappa shape index (κ3) is 6.62. The van der Waals surface area contributed by atoms with Gasteiger partial charge in [-0.15, -0.1) is 0 Å². The maximum absolute atomic E-state index is 12.8. The van der Waals surface area contributed by atoms with Crippen LogP contribution < -0.4 is 10.5 Å². The van der Waals surface area contributed by atoms with Crippen LogP contribution in [0.5, 0.6) is 0 Å². The number of aliphatic hydroxyl groups is 1. The summed E-state index contributed by atoms with van der Waals surface area (Å²) in [5.41, 5.74) is 8.44. The summed E-state index contributed by atoms with van der Waals surface area (Å²) in [7, 11) is -3.76. The maximum atomic E-state index is 12.8. The minimum atomic E-state index is -3.76. The fraction of sp³-hybridized carbons (Fsp3) is 0.458. The molecule has 0 unspecified atom stereocenters. The van der Waals surface area contributed by atoms with Gasteiger partial charge in [0.05, 0.1) is 28.6 Å². The van der Waals surface area contributed by atoms with Gasteiger partial charge in [0.15, 0.2) is 0 Å². The number of sulfonamides is 1. The van der Waals surface area contributed by atoms with Crippen molar-refractivity contribution < 1.29 is 13.5 Å². The van der Waals surface area contributed by atoms with E-state index in [0.29, 0.717) is 29.3 Å². The Morgan fingerprint density at radius 1 is 1.24 bits per heavy atom. The summed E-state index contributed by atoms with van der Waals surface area (Å²) >= 11 is 0. The lowest BCUT2D eigenvalue weighted by atomic mass is 10.1. The number of nitrogens with zero attached hydrogens (tertiary/aromatic N) is 4. The van der Waals surface area contributed by atoms with Crippen LogP contribution in [0.2, 0.25) is 0 Å². The van der Waals surface area contributed by atoms with Crippen molar-refractivity contribution in [3.05, 3.63) is 42.4 Å². The number of aryl methyl sites for hydroxylation is 2. The van der Waals surface area contributed by atoms with Crippen LogP contribution in [0.25, 0.3) is 22.5 Å². The normalized spacial score (nSPS) is 12.4. The van der Waals surface area contributed by atoms with Crippen LogP contribution in [0.4, 0.5) is 5.82 Å². The lowest BCUT2D eigenvalue weighted by Gasteiger charge is -2.17. The monoisotopic (exact) mass is 486 g/mol. The fourth-order valence-electron chi connectivity index (χ4n) is 3.36. The molecule has 2 aromatic heterocycles. The number of rotatable bonds is 10. The Labute approximate surface area is 201 Å². The highest BCUT2D eigenvalue weighted by atomic mass is 32.2. The van der Waals surface area contributed by atoms with E-state index in [2.05, 4.69) is 28.7 Å². The second-order valence-electron chi connectivity index (χ2n) is 9.60. The molecule has 1 aromatic carbocycles. The van der Waals surface area contributed by atoms with Crippen LogP contribution in [0.15, 0.2) is 41.7 Å². The zero-order valence-electron chi connectivity index (χ0n) is 20.4. The van der Waals surface area contributed by atoms with E-state index in [1.54, 1.807) is 44.4 Å². The Bertz CT molecular complexity index is 1250. The van der Waals surface area contributed by atoms with Crippen molar-refractivity contribution in [2.24, 2.45) is 5.92 Å². The van der Waals surface area contributed by atoms with Gasteiger partial charge in [-0.3, -0.25) is 4.68 Å². The number of hydrogen-bond acceptors (Lipinski definition) is 7. The molecule has 0 fully saturated rings. The van der Waals surface area contributed by atoms with E-state index in [1.807, 2.05) is 17.8 Å². The minimum Gasteiger partial charge on any atom is -0.390 e. The van der Waals surface area contributed by atoms with Gasteiger partial charge in [0, 0.05) is 30.4 Å². The fourth-order valence-corrected chi connectivity index (χ4v) is 4.42. The highest BCUT2D eigenvalue weighted by Crippen LogP contribution is 2.29. The summed E-state index contributed by atoms with van der Waals surface area (Å²) in [6, 6.07) is 4.87. The highest BCUT2D eigenvalue weighted by Gasteiger charge is 2.20. The van der Waals surface area contributed by atoms with E-state index in [4.69, 9.17) is 10.7 Å². The van der Waals surface area contributed by atoms with E-state index in [-0.39, 0.29) is 17.3 Å². The summed E-state index contributed by atoms with van der Waals surface area (Å²) in [5, 5.41) is 14.3. The minimum absolute atomic E-state index is 0.116. The molecule has 10 heteroatoms. The Hall–Kier alpha value is -2.82. The molecule has 0 saturated heterocycles. The van der Waals surface area contributed by atoms with E-state index < -0.39 is 15.6 Å². The lowest BCUT2D eigenvalue weighted by Crippen LogP contribution is -2.30. The van der Waals surface area contributed by atoms with Crippen molar-refractivity contribution in [3.63, 3.8) is 0 Å². The van der Waals surface area contributed by atoms with Crippen LogP contribution in [0, 0.1) is 12.8 Å². The molecule has 0 bridgehead atoms. The van der Waals surface area contributed by atoms with Gasteiger partial charge in [-0.05, 0) is 57.2 Å². The molecule has 0 atom stereocenters. The molecule has 0 aliphatic rings. The molecule has 0 amide bonds. The first kappa shape index (κ1) is 25.8. The Balaban J connectivity index is 1.91. The van der Waals surface area contributed by atoms with Gasteiger partial charge in [0.2, 0.25) is 10.0 Å². The standard InChI is InChI=1S/C24H34N6O3S/c1-16(2)8-11-30-15-18(13-27-30)22-23(25)26-14-21(29-22)20-12-19(7-6-17(20)3)34(32,33)28-10-9-24(4,5)31/h6-7,12-16,28,31H,8-11H2,1-5H3,(H2,25,26). The zero-order valence-corrected chi connectivity index (χ0v) is 21.2. The van der Waals surface area contributed by atoms with E-state index >= 15 is 0 Å². The van der Waals surface area contributed by atoms with Crippen molar-refractivity contribution in [2.45, 2.75) is 64.5 Å². The van der Waals surface area contributed by atoms with Gasteiger partial charge >= 0.3 is 0 Å². The molecule has 184 valence electrons. The number of benzene rings is 1. The molecule has 0 spiro atoms. The van der Waals surface area contributed by atoms with Gasteiger partial charge < -0.3 is 10.8 Å². The van der Waals surface area contributed by atoms with E-state index in [0.717, 1.165) is 24.1 Å². The summed E-state index contributed by atoms with van der Waals surface area (Å²) in [6.45, 7) is 10.4. The van der Waals surface area contributed by atoms with Crippen molar-refractivity contribution in [2.75, 3.05) is 12.3 Å². The molecule has 0 aliphatic heterocycles. The first-order valence-corrected chi connectivity index (χ1v) is 12.8. The number of nitrogen functional groups attached to an aromatic ring is 1. The molecule has 3 rings (SSSR count). The summed E-state index contributed by atoms with van der Waals surface area (Å²) < 4.78 is 30.0. The molecular formula is C24H34N6O3S. The molecule has 3 aromatic rings. The maximum Gasteiger partial charge on any atom is 0.240 e. The number of anilines is 1. The van der Waals surface area contributed by atoms with Crippen molar-refractivity contribution in [3.8, 4) is 22.5 Å². The molecule has 0 radical (unpaired) electrons. The summed E-state index contributed by atoms with van der Waals surface area (Å²) in [5.74, 6) is 0.846. The van der Waals surface area contributed by atoms with Crippen LogP contribution in [-0.4, -0.2) is 45.4 Å². The molecule has 0 aliphatic carbocycles. The Morgan fingerprint density at radius 2 is 1.97 bits per heavy atom. The third-order valence-corrected chi connectivity index (χ3v) is 6.93. The SMILES string of the molecule is Cc1ccc(S(=O)(=O)NCCC(C)(C)O)cc1-c1cnc(N)c(-c2cnn(CCC(C)C)c2)n1. The quantitative estimate of drug-likeness (QED) is 0.400. The molecule has 0 saturated carbocycles. The third-order valence-electron chi connectivity index (χ3n) is 5.47. The first-order chi connectivity index (χ1) is 15.9. The number of aromatic nitrogens is 4. The largest absolute Gasteiger partial charge is 0.390 e. The van der Waals surface area contributed by atoms with E-state index in [1.165, 1.54) is 0 Å². The van der Waals surface area contributed by atoms with Crippen LogP contribution in [0.3, 0.4) is 0 Å². The van der Waals surface area contributed by atoms with Crippen LogP contribution in [0.1, 0.15) is 46.1 Å². The molecule has 34 heavy (non-hydrogen) atoms. The lowest BCUT2D eigenvalue weighted by molar-refractivity contribution is 0.0728. The van der Waals surface area contributed by atoms with Crippen LogP contribution in [-0.2, 0) is 16.6 Å². The topological polar surface area (TPSA) is 136 Å². The van der Waals surface area contributed by atoms with Crippen molar-refractivity contribution >= 4 is 15.8 Å². The number of nitrogens with one attached hydrogen (secondary N) is 1. The Morgan fingerprint density at radius 3 is 2.65 bits per heavy atom. The van der Waals surface area contributed by atoms with Crippen molar-refractivity contribution in [1.29, 1.82) is 0 Å². The molecule has 2 heterocycles. The van der Waals surface area contributed by atoms with Gasteiger partial charge in [-0.1, -0.05) is 19.9 Å². The Kier molecular flexibility index (Phi) is 7.74. The smallest absolute Gasteiger partial charge is 0.240 e. The van der Waals surface area contributed by atoms with Crippen molar-refractivity contribution in [1.82, 2.24) is 24.5 Å². The molecule has 4 N–H and O–H groups in total. The second-order valence-corrected chi connectivity index (χ2v) is 11.4. The van der Waals surface area contributed by atoms with E-state index in [9.17, 15) is 13.5 Å². The predicted molar refractivity (Wildman–Crippen MR) is 133 cm³/mol. The molecule has 9 nitrogen and oxygen atoms in total. The summed E-state index contributed by atoms with van der Waals surface area (Å²) in [6.07, 6.45) is 6.45. The van der Waals surface area contributed by atoms with Gasteiger partial charge in [-0.25, -0.2) is 23.1 Å². The van der Waals surface area contributed by atoms with Crippen LogP contribution >= 0.6 is 0 Å². The predicted octanol–water partition coefficient (Wildman–Crippen LogP) is 3.38. The second kappa shape index (κ2) is 10.2.